The highest BCUT2D eigenvalue weighted by Gasteiger charge is 2.48. The van der Waals surface area contributed by atoms with Gasteiger partial charge in [0.25, 0.3) is 0 Å². The lowest BCUT2D eigenvalue weighted by Gasteiger charge is -2.51. The second-order valence-corrected chi connectivity index (χ2v) is 8.85. The summed E-state index contributed by atoms with van der Waals surface area (Å²) < 4.78 is 18.7. The van der Waals surface area contributed by atoms with Crippen LogP contribution in [0.3, 0.4) is 0 Å². The van der Waals surface area contributed by atoms with Crippen LogP contribution in [0.5, 0.6) is 0 Å². The molecule has 0 aliphatic carbocycles. The van der Waals surface area contributed by atoms with Crippen molar-refractivity contribution in [3.05, 3.63) is 48.6 Å². The summed E-state index contributed by atoms with van der Waals surface area (Å²) in [6, 6.07) is 10.3. The number of hydrogen-bond donors (Lipinski definition) is 0. The topological polar surface area (TPSA) is 27.7 Å². The van der Waals surface area contributed by atoms with E-state index in [1.165, 1.54) is 5.56 Å². The van der Waals surface area contributed by atoms with E-state index in [1.807, 2.05) is 38.1 Å². The second-order valence-electron chi connectivity index (χ2n) is 8.85. The summed E-state index contributed by atoms with van der Waals surface area (Å²) in [5.74, 6) is 0.107. The number of ether oxygens (including phenoxy) is 3. The monoisotopic (exact) mass is 360 g/mol. The van der Waals surface area contributed by atoms with Gasteiger partial charge in [0.05, 0.1) is 25.4 Å². The lowest BCUT2D eigenvalue weighted by atomic mass is 9.74. The highest BCUT2D eigenvalue weighted by molar-refractivity contribution is 5.13. The van der Waals surface area contributed by atoms with Crippen LogP contribution < -0.4 is 0 Å². The van der Waals surface area contributed by atoms with E-state index in [4.69, 9.17) is 14.2 Å². The number of allylic oxidation sites excluding steroid dienone is 1. The Hall–Kier alpha value is -1.16. The summed E-state index contributed by atoms with van der Waals surface area (Å²) >= 11 is 0. The molecule has 0 radical (unpaired) electrons. The van der Waals surface area contributed by atoms with Crippen molar-refractivity contribution in [1.29, 1.82) is 0 Å². The van der Waals surface area contributed by atoms with Crippen LogP contribution in [0.2, 0.25) is 0 Å². The summed E-state index contributed by atoms with van der Waals surface area (Å²) in [4.78, 5) is 0. The largest absolute Gasteiger partial charge is 0.376 e. The molecular weight excluding hydrogens is 324 g/mol. The molecule has 0 saturated carbocycles. The van der Waals surface area contributed by atoms with Crippen molar-refractivity contribution in [2.45, 2.75) is 72.6 Å². The molecule has 3 nitrogen and oxygen atoms in total. The highest BCUT2D eigenvalue weighted by Crippen LogP contribution is 2.42. The first-order valence-electron chi connectivity index (χ1n) is 9.74. The lowest BCUT2D eigenvalue weighted by Crippen LogP contribution is -2.57. The Kier molecular flexibility index (Phi) is 7.06. The molecule has 26 heavy (non-hydrogen) atoms. The van der Waals surface area contributed by atoms with Gasteiger partial charge in [-0.1, -0.05) is 64.1 Å². The minimum Gasteiger partial charge on any atom is -0.376 e. The molecule has 0 unspecified atom stereocenters. The van der Waals surface area contributed by atoms with Crippen molar-refractivity contribution < 1.29 is 14.2 Å². The van der Waals surface area contributed by atoms with Crippen LogP contribution in [0.1, 0.15) is 53.5 Å². The molecule has 0 aromatic heterocycles. The van der Waals surface area contributed by atoms with Crippen molar-refractivity contribution in [2.24, 2.45) is 17.3 Å². The molecule has 1 fully saturated rings. The standard InChI is InChI=1S/C23H36O3/c1-8-12-17(2)20-18(3)21(26-23(6,7)25-20)22(4,5)16-24-15-19-13-10-9-11-14-19/h8-11,13-14,17-18,20-21H,1,12,15-16H2,2-7H3/t17-,18+,20+,21+/m1/s1. The molecule has 1 aliphatic heterocycles. The Morgan fingerprint density at radius 2 is 1.88 bits per heavy atom. The number of rotatable bonds is 8. The molecule has 1 heterocycles. The maximum absolute atomic E-state index is 6.38. The maximum Gasteiger partial charge on any atom is 0.163 e. The fourth-order valence-corrected chi connectivity index (χ4v) is 4.04. The van der Waals surface area contributed by atoms with E-state index in [9.17, 15) is 0 Å². The quantitative estimate of drug-likeness (QED) is 0.565. The molecule has 0 N–H and O–H groups in total. The van der Waals surface area contributed by atoms with Gasteiger partial charge in [-0.05, 0) is 31.7 Å². The normalized spacial score (nSPS) is 27.1. The van der Waals surface area contributed by atoms with Crippen LogP contribution in [0, 0.1) is 17.3 Å². The SMILES string of the molecule is C=CC[C@@H](C)[C@@H]1OC(C)(C)O[C@H](C(C)(C)COCc2ccccc2)[C@H]1C. The minimum atomic E-state index is -0.589. The first-order chi connectivity index (χ1) is 12.2. The van der Waals surface area contributed by atoms with E-state index < -0.39 is 5.79 Å². The van der Waals surface area contributed by atoms with Crippen LogP contribution in [0.4, 0.5) is 0 Å². The van der Waals surface area contributed by atoms with E-state index >= 15 is 0 Å². The molecule has 1 saturated heterocycles. The minimum absolute atomic E-state index is 0.0688. The van der Waals surface area contributed by atoms with Gasteiger partial charge in [-0.25, -0.2) is 0 Å². The fourth-order valence-electron chi connectivity index (χ4n) is 4.04. The van der Waals surface area contributed by atoms with Gasteiger partial charge in [0.15, 0.2) is 5.79 Å². The van der Waals surface area contributed by atoms with E-state index in [1.54, 1.807) is 0 Å². The van der Waals surface area contributed by atoms with E-state index in [0.717, 1.165) is 6.42 Å². The Bertz CT molecular complexity index is 564. The summed E-state index contributed by atoms with van der Waals surface area (Å²) in [6.07, 6.45) is 3.14. The Morgan fingerprint density at radius 1 is 1.23 bits per heavy atom. The van der Waals surface area contributed by atoms with Crippen molar-refractivity contribution in [3.8, 4) is 0 Å². The van der Waals surface area contributed by atoms with Crippen LogP contribution in [0.25, 0.3) is 0 Å². The van der Waals surface area contributed by atoms with Gasteiger partial charge in [0.2, 0.25) is 0 Å². The van der Waals surface area contributed by atoms with Crippen LogP contribution >= 0.6 is 0 Å². The molecule has 0 bridgehead atoms. The molecule has 1 aliphatic rings. The average Bonchev–Trinajstić information content (AvgIpc) is 2.57. The van der Waals surface area contributed by atoms with Gasteiger partial charge in [-0.15, -0.1) is 6.58 Å². The van der Waals surface area contributed by atoms with Gasteiger partial charge in [0.1, 0.15) is 0 Å². The van der Waals surface area contributed by atoms with Crippen molar-refractivity contribution in [3.63, 3.8) is 0 Å². The Morgan fingerprint density at radius 3 is 2.50 bits per heavy atom. The van der Waals surface area contributed by atoms with Crippen LogP contribution in [0.15, 0.2) is 43.0 Å². The van der Waals surface area contributed by atoms with Gasteiger partial charge >= 0.3 is 0 Å². The third-order valence-electron chi connectivity index (χ3n) is 5.28. The molecule has 0 spiro atoms. The van der Waals surface area contributed by atoms with Crippen molar-refractivity contribution in [1.82, 2.24) is 0 Å². The van der Waals surface area contributed by atoms with Crippen molar-refractivity contribution in [2.75, 3.05) is 6.61 Å². The summed E-state index contributed by atoms with van der Waals surface area (Å²) in [6.45, 7) is 18.1. The summed E-state index contributed by atoms with van der Waals surface area (Å²) in [7, 11) is 0. The van der Waals surface area contributed by atoms with Gasteiger partial charge in [-0.3, -0.25) is 0 Å². The average molecular weight is 361 g/mol. The van der Waals surface area contributed by atoms with Crippen molar-refractivity contribution >= 4 is 0 Å². The summed E-state index contributed by atoms with van der Waals surface area (Å²) in [5, 5.41) is 0. The highest BCUT2D eigenvalue weighted by atomic mass is 16.7. The van der Waals surface area contributed by atoms with E-state index in [2.05, 4.69) is 46.4 Å². The predicted molar refractivity (Wildman–Crippen MR) is 107 cm³/mol. The Labute approximate surface area is 159 Å². The molecule has 4 atom stereocenters. The molecule has 1 aromatic rings. The van der Waals surface area contributed by atoms with Crippen LogP contribution in [-0.4, -0.2) is 24.6 Å². The molecule has 146 valence electrons. The van der Waals surface area contributed by atoms with Crippen LogP contribution in [-0.2, 0) is 20.8 Å². The zero-order valence-electron chi connectivity index (χ0n) is 17.3. The molecule has 1 aromatic carbocycles. The van der Waals surface area contributed by atoms with E-state index in [0.29, 0.717) is 19.1 Å². The third-order valence-corrected chi connectivity index (χ3v) is 5.28. The van der Waals surface area contributed by atoms with Gasteiger partial charge in [0, 0.05) is 11.3 Å². The Balaban J connectivity index is 2.05. The van der Waals surface area contributed by atoms with E-state index in [-0.39, 0.29) is 23.5 Å². The predicted octanol–water partition coefficient (Wildman–Crippen LogP) is 5.60. The molecular formula is C23H36O3. The maximum atomic E-state index is 6.38. The van der Waals surface area contributed by atoms with Gasteiger partial charge < -0.3 is 14.2 Å². The number of benzene rings is 1. The second kappa shape index (κ2) is 8.69. The first-order valence-corrected chi connectivity index (χ1v) is 9.74. The number of hydrogen-bond acceptors (Lipinski definition) is 3. The zero-order chi connectivity index (χ0) is 19.4. The molecule has 0 amide bonds. The van der Waals surface area contributed by atoms with Gasteiger partial charge in [-0.2, -0.15) is 0 Å². The fraction of sp³-hybridized carbons (Fsp3) is 0.652. The third kappa shape index (κ3) is 5.42. The molecule has 3 heteroatoms. The summed E-state index contributed by atoms with van der Waals surface area (Å²) in [5.41, 5.74) is 1.09. The smallest absolute Gasteiger partial charge is 0.163 e. The first kappa shape index (κ1) is 21.1. The zero-order valence-corrected chi connectivity index (χ0v) is 17.3. The lowest BCUT2D eigenvalue weighted by molar-refractivity contribution is -0.345. The molecule has 2 rings (SSSR count).